The van der Waals surface area contributed by atoms with Crippen molar-refractivity contribution in [1.29, 1.82) is 0 Å². The summed E-state index contributed by atoms with van der Waals surface area (Å²) < 4.78 is 6.02. The lowest BCUT2D eigenvalue weighted by atomic mass is 9.47. The molecule has 0 aromatic carbocycles. The van der Waals surface area contributed by atoms with Crippen LogP contribution in [0.3, 0.4) is 0 Å². The minimum absolute atomic E-state index is 0.106. The Balaban J connectivity index is 0.832. The van der Waals surface area contributed by atoms with Gasteiger partial charge in [-0.15, -0.1) is 0 Å². The fraction of sp³-hybridized carbons (Fsp3) is 0.870. The highest BCUT2D eigenvalue weighted by molar-refractivity contribution is 8.00. The monoisotopic (exact) mass is 1010 g/mol. The molecule has 4 aliphatic carbocycles. The number of urea groups is 1. The molecule has 0 spiro atoms. The Morgan fingerprint density at radius 1 is 0.831 bits per heavy atom. The molecule has 17 heteroatoms. The molecule has 3 aliphatic heterocycles. The van der Waals surface area contributed by atoms with Crippen molar-refractivity contribution < 1.29 is 28.7 Å². The van der Waals surface area contributed by atoms with Gasteiger partial charge in [-0.2, -0.15) is 11.8 Å². The van der Waals surface area contributed by atoms with Crippen molar-refractivity contribution in [2.24, 2.45) is 46.3 Å². The quantitative estimate of drug-likeness (QED) is 0.0438. The van der Waals surface area contributed by atoms with E-state index < -0.39 is 6.09 Å². The number of alkyl carbamates (subject to hydrolysis) is 1. The van der Waals surface area contributed by atoms with Gasteiger partial charge in [-0.25, -0.2) is 9.59 Å². The summed E-state index contributed by atoms with van der Waals surface area (Å²) in [6.45, 7) is 20.0. The third-order valence-electron chi connectivity index (χ3n) is 18.2. The first-order valence-electron chi connectivity index (χ1n) is 28.2. The number of ether oxygens (including phenoxy) is 1. The second kappa shape index (κ2) is 26.9. The van der Waals surface area contributed by atoms with E-state index in [-0.39, 0.29) is 93.0 Å². The van der Waals surface area contributed by atoms with E-state index in [1.165, 1.54) is 55.4 Å². The largest absolute Gasteiger partial charge is 0.446 e. The molecule has 3 saturated carbocycles. The predicted molar refractivity (Wildman–Crippen MR) is 283 cm³/mol. The van der Waals surface area contributed by atoms with Crippen molar-refractivity contribution in [2.45, 2.75) is 154 Å². The average Bonchev–Trinajstić information content (AvgIpc) is 4.01. The fourth-order valence-electron chi connectivity index (χ4n) is 14.3. The minimum atomic E-state index is -0.460. The Morgan fingerprint density at radius 3 is 2.32 bits per heavy atom. The van der Waals surface area contributed by atoms with E-state index in [4.69, 9.17) is 4.74 Å². The maximum atomic E-state index is 13.7. The van der Waals surface area contributed by atoms with Crippen LogP contribution in [-0.4, -0.2) is 160 Å². The van der Waals surface area contributed by atoms with Crippen LogP contribution in [0.2, 0.25) is 0 Å². The van der Waals surface area contributed by atoms with E-state index in [1.54, 1.807) is 0 Å². The summed E-state index contributed by atoms with van der Waals surface area (Å²) in [6.07, 6.45) is 18.0. The van der Waals surface area contributed by atoms with Gasteiger partial charge in [-0.05, 0) is 104 Å². The van der Waals surface area contributed by atoms with Crippen molar-refractivity contribution in [3.8, 4) is 0 Å². The first-order valence-corrected chi connectivity index (χ1v) is 29.3. The van der Waals surface area contributed by atoms with Crippen molar-refractivity contribution in [1.82, 2.24) is 52.3 Å². The molecule has 6 fully saturated rings. The van der Waals surface area contributed by atoms with E-state index in [0.29, 0.717) is 23.0 Å². The fourth-order valence-corrected chi connectivity index (χ4v) is 15.9. The summed E-state index contributed by atoms with van der Waals surface area (Å²) in [6, 6.07) is 0.170. The smallest absolute Gasteiger partial charge is 0.407 e. The third-order valence-corrected chi connectivity index (χ3v) is 19.8. The van der Waals surface area contributed by atoms with Gasteiger partial charge < -0.3 is 52.2 Å². The van der Waals surface area contributed by atoms with Crippen LogP contribution in [0.4, 0.5) is 9.59 Å². The molecule has 3 saturated heterocycles. The molecule has 0 aromatic heterocycles. The molecule has 11 atom stereocenters. The van der Waals surface area contributed by atoms with E-state index in [2.05, 4.69) is 88.1 Å². The zero-order chi connectivity index (χ0) is 50.4. The lowest BCUT2D eigenvalue weighted by Crippen LogP contribution is -2.51. The summed E-state index contributed by atoms with van der Waals surface area (Å²) in [5.74, 6) is 5.03. The van der Waals surface area contributed by atoms with Crippen LogP contribution in [0.5, 0.6) is 0 Å². The molecule has 6 amide bonds. The van der Waals surface area contributed by atoms with Crippen molar-refractivity contribution in [3.05, 3.63) is 11.6 Å². The lowest BCUT2D eigenvalue weighted by molar-refractivity contribution is -0.136. The first kappa shape index (κ1) is 55.6. The molecule has 7 aliphatic rings. The second-order valence-electron chi connectivity index (χ2n) is 23.4. The Hall–Kier alpha value is -3.12. The molecule has 8 N–H and O–H groups in total. The molecule has 71 heavy (non-hydrogen) atoms. The molecular formula is C54H94N10O6S. The van der Waals surface area contributed by atoms with Gasteiger partial charge in [0.15, 0.2) is 0 Å². The number of allylic oxidation sites excluding steroid dienone is 1. The van der Waals surface area contributed by atoms with Crippen molar-refractivity contribution >= 4 is 41.6 Å². The van der Waals surface area contributed by atoms with Gasteiger partial charge in [0.1, 0.15) is 6.10 Å². The molecule has 0 aromatic rings. The molecule has 402 valence electrons. The zero-order valence-corrected chi connectivity index (χ0v) is 45.1. The van der Waals surface area contributed by atoms with E-state index in [9.17, 15) is 24.0 Å². The molecule has 0 unspecified atom stereocenters. The van der Waals surface area contributed by atoms with E-state index in [1.807, 2.05) is 11.8 Å². The first-order chi connectivity index (χ1) is 34.2. The number of thioether (sulfide) groups is 1. The number of amides is 6. The predicted octanol–water partition coefficient (Wildman–Crippen LogP) is 4.99. The molecule has 7 rings (SSSR count). The van der Waals surface area contributed by atoms with Gasteiger partial charge in [-0.3, -0.25) is 19.3 Å². The normalized spacial score (nSPS) is 32.5. The van der Waals surface area contributed by atoms with E-state index >= 15 is 0 Å². The van der Waals surface area contributed by atoms with Crippen molar-refractivity contribution in [3.63, 3.8) is 0 Å². The minimum Gasteiger partial charge on any atom is -0.446 e. The maximum absolute atomic E-state index is 13.7. The number of hydrogen-bond donors (Lipinski definition) is 8. The summed E-state index contributed by atoms with van der Waals surface area (Å²) >= 11 is 1.86. The molecule has 3 heterocycles. The highest BCUT2D eigenvalue weighted by Crippen LogP contribution is 2.67. The van der Waals surface area contributed by atoms with Gasteiger partial charge in [0, 0.05) is 102 Å². The number of hydrogen-bond acceptors (Lipinski definition) is 11. The Morgan fingerprint density at radius 2 is 1.56 bits per heavy atom. The van der Waals surface area contributed by atoms with Crippen molar-refractivity contribution in [2.75, 3.05) is 97.4 Å². The van der Waals surface area contributed by atoms with Crippen LogP contribution in [0.1, 0.15) is 131 Å². The van der Waals surface area contributed by atoms with Crippen LogP contribution in [0, 0.1) is 46.3 Å². The summed E-state index contributed by atoms with van der Waals surface area (Å²) in [4.78, 5) is 68.7. The number of carbonyl (C=O) groups is 5. The summed E-state index contributed by atoms with van der Waals surface area (Å²) in [7, 11) is 0. The van der Waals surface area contributed by atoms with Gasteiger partial charge in [0.25, 0.3) is 0 Å². The number of rotatable bonds is 21. The summed E-state index contributed by atoms with van der Waals surface area (Å²) in [5.41, 5.74) is 2.13. The standard InChI is InChI=1S/C54H94N10O6S/c1-37(2)9-8-10-38(3)42-15-16-43-41-14-13-39-33-40(17-19-53(39,4)44(41)18-20-54(42,43)5)70-52(69)60-26-25-58-48(66)35-64(49(67)12-7-6-11-46-50-45(36-71-46)61-51(68)62-50)32-29-59-47(65)34-63-30-27-56-23-21-55-22-24-57-28-31-63/h13,37-38,40-46,50,55-57H,6-12,14-36H2,1-5H3,(H,58,66)(H,59,65)(H,60,69)(H2,61,62,68)/t38-,40+,41+,42-,43+,44+,45+,46+,50+,53+,54-/m1/s1. The number of fused-ring (bicyclic) bond motifs is 6. The Kier molecular flexibility index (Phi) is 21.1. The van der Waals surface area contributed by atoms with Gasteiger partial charge >= 0.3 is 12.1 Å². The summed E-state index contributed by atoms with van der Waals surface area (Å²) in [5, 5.41) is 25.3. The second-order valence-corrected chi connectivity index (χ2v) is 24.7. The molecular weight excluding hydrogens is 917 g/mol. The molecule has 0 bridgehead atoms. The molecule has 16 nitrogen and oxygen atoms in total. The van der Waals surface area contributed by atoms with E-state index in [0.717, 1.165) is 126 Å². The van der Waals surface area contributed by atoms with Gasteiger partial charge in [0.2, 0.25) is 17.7 Å². The molecule has 0 radical (unpaired) electrons. The Labute approximate surface area is 430 Å². The van der Waals surface area contributed by atoms with Crippen LogP contribution < -0.4 is 42.5 Å². The number of unbranched alkanes of at least 4 members (excludes halogenated alkanes) is 1. The third kappa shape index (κ3) is 15.2. The number of nitrogens with zero attached hydrogens (tertiary/aromatic N) is 2. The van der Waals surface area contributed by atoms with Crippen LogP contribution in [0.25, 0.3) is 0 Å². The van der Waals surface area contributed by atoms with Crippen LogP contribution in [-0.2, 0) is 19.1 Å². The maximum Gasteiger partial charge on any atom is 0.407 e. The Bertz CT molecular complexity index is 1800. The highest BCUT2D eigenvalue weighted by atomic mass is 32.2. The van der Waals surface area contributed by atoms with Gasteiger partial charge in [-0.1, -0.05) is 72.0 Å². The van der Waals surface area contributed by atoms with Gasteiger partial charge in [0.05, 0.1) is 25.2 Å². The average molecular weight is 1010 g/mol. The lowest BCUT2D eigenvalue weighted by Gasteiger charge is -2.58. The topological polar surface area (TPSA) is 197 Å². The van der Waals surface area contributed by atoms with Crippen LogP contribution >= 0.6 is 11.8 Å². The zero-order valence-electron chi connectivity index (χ0n) is 44.3. The van der Waals surface area contributed by atoms with Crippen LogP contribution in [0.15, 0.2) is 11.6 Å². The number of carbonyl (C=O) groups excluding carboxylic acids is 5. The SMILES string of the molecule is CC(C)CCC[C@@H](C)[C@H]1CC[C@H]2[C@@H]3CC=C4C[C@@H](OC(=O)NCCNC(=O)CN(CCNC(=O)CN5CCNCCNCCNCC5)C(=O)CCCC[C@@H]5SC[C@@H]6NC(=O)N[C@@H]65)CC[C@]4(C)[C@H]3CC[C@]12C. The number of nitrogens with one attached hydrogen (secondary N) is 8. The highest BCUT2D eigenvalue weighted by Gasteiger charge is 2.59.